The summed E-state index contributed by atoms with van der Waals surface area (Å²) in [6, 6.07) is 13.0. The lowest BCUT2D eigenvalue weighted by Crippen LogP contribution is -2.28. The van der Waals surface area contributed by atoms with Crippen LogP contribution >= 0.6 is 12.4 Å². The van der Waals surface area contributed by atoms with Crippen LogP contribution in [-0.4, -0.2) is 6.03 Å². The first-order chi connectivity index (χ1) is 10.0. The Morgan fingerprint density at radius 2 is 1.73 bits per heavy atom. The molecule has 0 saturated heterocycles. The van der Waals surface area contributed by atoms with Crippen LogP contribution in [0.15, 0.2) is 48.5 Å². The maximum atomic E-state index is 12.8. The Morgan fingerprint density at radius 1 is 1.14 bits per heavy atom. The molecule has 4 N–H and O–H groups in total. The van der Waals surface area contributed by atoms with E-state index >= 15 is 0 Å². The smallest absolute Gasteiger partial charge is 0.319 e. The van der Waals surface area contributed by atoms with E-state index in [0.717, 1.165) is 11.1 Å². The first-order valence-corrected chi connectivity index (χ1v) is 6.69. The van der Waals surface area contributed by atoms with E-state index in [-0.39, 0.29) is 30.3 Å². The molecule has 2 aromatic carbocycles. The molecular weight excluding hydrogens is 305 g/mol. The van der Waals surface area contributed by atoms with Crippen LogP contribution in [0, 0.1) is 5.82 Å². The predicted molar refractivity (Wildman–Crippen MR) is 88.6 cm³/mol. The minimum absolute atomic E-state index is 0. The van der Waals surface area contributed by atoms with Gasteiger partial charge in [0.25, 0.3) is 0 Å². The lowest BCUT2D eigenvalue weighted by Gasteiger charge is -2.09. The number of amides is 2. The molecule has 0 aliphatic carbocycles. The molecule has 22 heavy (non-hydrogen) atoms. The van der Waals surface area contributed by atoms with E-state index in [1.54, 1.807) is 24.3 Å². The standard InChI is InChI=1S/C16H18FN3O.ClH/c1-11(18)13-4-8-15(9-5-13)20-16(21)19-10-12-2-6-14(17)7-3-12;/h2-9,11H,10,18H2,1H3,(H2,19,20,21);1H. The summed E-state index contributed by atoms with van der Waals surface area (Å²) in [6.07, 6.45) is 0. The van der Waals surface area contributed by atoms with E-state index in [9.17, 15) is 9.18 Å². The Bertz CT molecular complexity index is 600. The van der Waals surface area contributed by atoms with Crippen molar-refractivity contribution in [3.05, 3.63) is 65.5 Å². The fourth-order valence-electron chi connectivity index (χ4n) is 1.83. The topological polar surface area (TPSA) is 67.1 Å². The zero-order valence-corrected chi connectivity index (χ0v) is 13.0. The molecule has 0 fully saturated rings. The molecule has 0 heterocycles. The number of anilines is 1. The minimum atomic E-state index is -0.312. The zero-order chi connectivity index (χ0) is 15.2. The second-order valence-corrected chi connectivity index (χ2v) is 4.84. The fraction of sp³-hybridized carbons (Fsp3) is 0.188. The molecule has 0 aliphatic rings. The number of carbonyl (C=O) groups excluding carboxylic acids is 1. The first kappa shape index (κ1) is 17.9. The van der Waals surface area contributed by atoms with Crippen LogP contribution < -0.4 is 16.4 Å². The van der Waals surface area contributed by atoms with Crippen molar-refractivity contribution in [3.8, 4) is 0 Å². The number of nitrogens with one attached hydrogen (secondary N) is 2. The van der Waals surface area contributed by atoms with Crippen LogP contribution in [0.4, 0.5) is 14.9 Å². The number of hydrogen-bond donors (Lipinski definition) is 3. The summed E-state index contributed by atoms with van der Waals surface area (Å²) < 4.78 is 12.8. The Labute approximate surface area is 135 Å². The number of carbonyl (C=O) groups is 1. The summed E-state index contributed by atoms with van der Waals surface area (Å²) in [5, 5.41) is 5.43. The summed E-state index contributed by atoms with van der Waals surface area (Å²) in [5.74, 6) is -0.294. The van der Waals surface area contributed by atoms with E-state index in [0.29, 0.717) is 12.2 Å². The number of nitrogens with two attached hydrogens (primary N) is 1. The van der Waals surface area contributed by atoms with Crippen molar-refractivity contribution in [2.24, 2.45) is 5.73 Å². The van der Waals surface area contributed by atoms with Crippen LogP contribution in [-0.2, 0) is 6.54 Å². The minimum Gasteiger partial charge on any atom is -0.334 e. The first-order valence-electron chi connectivity index (χ1n) is 6.69. The lowest BCUT2D eigenvalue weighted by atomic mass is 10.1. The van der Waals surface area contributed by atoms with Crippen molar-refractivity contribution in [2.45, 2.75) is 19.5 Å². The van der Waals surface area contributed by atoms with Crippen molar-refractivity contribution in [1.29, 1.82) is 0 Å². The highest BCUT2D eigenvalue weighted by atomic mass is 35.5. The van der Waals surface area contributed by atoms with E-state index < -0.39 is 0 Å². The van der Waals surface area contributed by atoms with Gasteiger partial charge < -0.3 is 16.4 Å². The zero-order valence-electron chi connectivity index (χ0n) is 12.2. The molecule has 0 spiro atoms. The van der Waals surface area contributed by atoms with Gasteiger partial charge in [-0.2, -0.15) is 0 Å². The number of urea groups is 1. The molecule has 0 radical (unpaired) electrons. The van der Waals surface area contributed by atoms with Gasteiger partial charge in [-0.1, -0.05) is 24.3 Å². The third-order valence-electron chi connectivity index (χ3n) is 3.06. The Morgan fingerprint density at radius 3 is 2.27 bits per heavy atom. The molecule has 2 rings (SSSR count). The predicted octanol–water partition coefficient (Wildman–Crippen LogP) is 3.59. The third kappa shape index (κ3) is 5.35. The average Bonchev–Trinajstić information content (AvgIpc) is 2.47. The fourth-order valence-corrected chi connectivity index (χ4v) is 1.83. The van der Waals surface area contributed by atoms with Crippen molar-refractivity contribution in [2.75, 3.05) is 5.32 Å². The number of hydrogen-bond acceptors (Lipinski definition) is 2. The van der Waals surface area contributed by atoms with Gasteiger partial charge in [-0.15, -0.1) is 12.4 Å². The quantitative estimate of drug-likeness (QED) is 0.805. The molecule has 0 saturated carbocycles. The number of halogens is 2. The molecule has 2 amide bonds. The summed E-state index contributed by atoms with van der Waals surface area (Å²) in [6.45, 7) is 2.24. The molecular formula is C16H19ClFN3O. The third-order valence-corrected chi connectivity index (χ3v) is 3.06. The molecule has 1 atom stereocenters. The van der Waals surface area contributed by atoms with Gasteiger partial charge >= 0.3 is 6.03 Å². The van der Waals surface area contributed by atoms with Crippen molar-refractivity contribution >= 4 is 24.1 Å². The normalized spacial score (nSPS) is 11.2. The van der Waals surface area contributed by atoms with Crippen molar-refractivity contribution < 1.29 is 9.18 Å². The van der Waals surface area contributed by atoms with Crippen LogP contribution in [0.2, 0.25) is 0 Å². The van der Waals surface area contributed by atoms with E-state index in [2.05, 4.69) is 10.6 Å². The monoisotopic (exact) mass is 323 g/mol. The summed E-state index contributed by atoms with van der Waals surface area (Å²) in [5.41, 5.74) is 8.29. The summed E-state index contributed by atoms with van der Waals surface area (Å²) in [4.78, 5) is 11.8. The second kappa shape index (κ2) is 8.36. The van der Waals surface area contributed by atoms with Crippen molar-refractivity contribution in [3.63, 3.8) is 0 Å². The van der Waals surface area contributed by atoms with Gasteiger partial charge in [-0.3, -0.25) is 0 Å². The van der Waals surface area contributed by atoms with Crippen LogP contribution in [0.1, 0.15) is 24.1 Å². The molecule has 1 unspecified atom stereocenters. The van der Waals surface area contributed by atoms with Gasteiger partial charge in [0, 0.05) is 18.3 Å². The van der Waals surface area contributed by atoms with Gasteiger partial charge in [-0.05, 0) is 42.3 Å². The molecule has 2 aromatic rings. The van der Waals surface area contributed by atoms with Crippen LogP contribution in [0.25, 0.3) is 0 Å². The van der Waals surface area contributed by atoms with Crippen LogP contribution in [0.5, 0.6) is 0 Å². The summed E-state index contributed by atoms with van der Waals surface area (Å²) in [7, 11) is 0. The highest BCUT2D eigenvalue weighted by Crippen LogP contribution is 2.14. The van der Waals surface area contributed by atoms with Gasteiger partial charge in [0.2, 0.25) is 0 Å². The largest absolute Gasteiger partial charge is 0.334 e. The van der Waals surface area contributed by atoms with Gasteiger partial charge in [0.1, 0.15) is 5.82 Å². The molecule has 4 nitrogen and oxygen atoms in total. The maximum absolute atomic E-state index is 12.8. The maximum Gasteiger partial charge on any atom is 0.319 e. The Balaban J connectivity index is 0.00000242. The summed E-state index contributed by atoms with van der Waals surface area (Å²) >= 11 is 0. The molecule has 0 bridgehead atoms. The molecule has 118 valence electrons. The highest BCUT2D eigenvalue weighted by Gasteiger charge is 2.03. The van der Waals surface area contributed by atoms with Crippen LogP contribution in [0.3, 0.4) is 0 Å². The molecule has 0 aromatic heterocycles. The molecule has 0 aliphatic heterocycles. The molecule has 6 heteroatoms. The Kier molecular flexibility index (Phi) is 6.82. The second-order valence-electron chi connectivity index (χ2n) is 4.84. The van der Waals surface area contributed by atoms with Crippen molar-refractivity contribution in [1.82, 2.24) is 5.32 Å². The number of rotatable bonds is 4. The van der Waals surface area contributed by atoms with E-state index in [1.165, 1.54) is 12.1 Å². The Hall–Kier alpha value is -2.11. The van der Waals surface area contributed by atoms with E-state index in [4.69, 9.17) is 5.73 Å². The van der Waals surface area contributed by atoms with E-state index in [1.807, 2.05) is 19.1 Å². The van der Waals surface area contributed by atoms with Gasteiger partial charge in [0.15, 0.2) is 0 Å². The van der Waals surface area contributed by atoms with Gasteiger partial charge in [0.05, 0.1) is 0 Å². The number of benzene rings is 2. The van der Waals surface area contributed by atoms with Gasteiger partial charge in [-0.25, -0.2) is 9.18 Å². The lowest BCUT2D eigenvalue weighted by molar-refractivity contribution is 0.251. The highest BCUT2D eigenvalue weighted by molar-refractivity contribution is 5.89. The average molecular weight is 324 g/mol. The SMILES string of the molecule is CC(N)c1ccc(NC(=O)NCc2ccc(F)cc2)cc1.Cl.